The normalized spacial score (nSPS) is 23.1. The fourth-order valence-electron chi connectivity index (χ4n) is 1.74. The van der Waals surface area contributed by atoms with Crippen LogP contribution in [-0.2, 0) is 9.53 Å². The van der Waals surface area contributed by atoms with Gasteiger partial charge in [-0.25, -0.2) is 0 Å². The van der Waals surface area contributed by atoms with Crippen molar-refractivity contribution in [3.05, 3.63) is 0 Å². The summed E-state index contributed by atoms with van der Waals surface area (Å²) in [4.78, 5) is 11.5. The fourth-order valence-corrected chi connectivity index (χ4v) is 1.74. The first kappa shape index (κ1) is 12.5. The molecule has 0 bridgehead atoms. The summed E-state index contributed by atoms with van der Waals surface area (Å²) in [6, 6.07) is 0. The van der Waals surface area contributed by atoms with E-state index in [0.29, 0.717) is 25.5 Å². The van der Waals surface area contributed by atoms with E-state index in [9.17, 15) is 9.90 Å². The molecule has 1 heterocycles. The van der Waals surface area contributed by atoms with Gasteiger partial charge in [-0.2, -0.15) is 0 Å². The first-order valence-corrected chi connectivity index (χ1v) is 5.67. The van der Waals surface area contributed by atoms with Crippen LogP contribution in [0.15, 0.2) is 0 Å². The van der Waals surface area contributed by atoms with Gasteiger partial charge in [0.25, 0.3) is 0 Å². The van der Waals surface area contributed by atoms with Gasteiger partial charge in [-0.05, 0) is 25.2 Å². The van der Waals surface area contributed by atoms with Crippen LogP contribution in [0.5, 0.6) is 0 Å². The zero-order valence-corrected chi connectivity index (χ0v) is 9.53. The molecule has 0 saturated carbocycles. The Kier molecular flexibility index (Phi) is 5.05. The molecule has 1 fully saturated rings. The lowest BCUT2D eigenvalue weighted by atomic mass is 10.1. The van der Waals surface area contributed by atoms with Crippen LogP contribution in [0.1, 0.15) is 33.1 Å². The van der Waals surface area contributed by atoms with Crippen molar-refractivity contribution in [2.75, 3.05) is 13.2 Å². The van der Waals surface area contributed by atoms with Crippen LogP contribution in [0.3, 0.4) is 0 Å². The van der Waals surface area contributed by atoms with Gasteiger partial charge in [0.1, 0.15) is 6.10 Å². The minimum absolute atomic E-state index is 0.0877. The van der Waals surface area contributed by atoms with Crippen LogP contribution in [-0.4, -0.2) is 36.4 Å². The third-order valence-corrected chi connectivity index (χ3v) is 2.48. The van der Waals surface area contributed by atoms with Gasteiger partial charge in [0.05, 0.1) is 6.10 Å². The van der Waals surface area contributed by atoms with Crippen molar-refractivity contribution in [2.45, 2.75) is 45.3 Å². The topological polar surface area (TPSA) is 58.6 Å². The van der Waals surface area contributed by atoms with Crippen LogP contribution in [0.4, 0.5) is 0 Å². The predicted octanol–water partition coefficient (Wildman–Crippen LogP) is 0.689. The molecule has 2 unspecified atom stereocenters. The van der Waals surface area contributed by atoms with Crippen molar-refractivity contribution < 1.29 is 14.6 Å². The Hall–Kier alpha value is -0.610. The fraction of sp³-hybridized carbons (Fsp3) is 0.909. The number of amides is 1. The number of rotatable bonds is 5. The minimum Gasteiger partial charge on any atom is -0.391 e. The average molecular weight is 215 g/mol. The third-order valence-electron chi connectivity index (χ3n) is 2.48. The largest absolute Gasteiger partial charge is 0.391 e. The molecular formula is C11H21NO3. The monoisotopic (exact) mass is 215 g/mol. The quantitative estimate of drug-likeness (QED) is 0.709. The maximum atomic E-state index is 11.5. The Bertz CT molecular complexity index is 200. The highest BCUT2D eigenvalue weighted by Gasteiger charge is 2.23. The Morgan fingerprint density at radius 2 is 2.33 bits per heavy atom. The van der Waals surface area contributed by atoms with Gasteiger partial charge in [0.15, 0.2) is 0 Å². The highest BCUT2D eigenvalue weighted by atomic mass is 16.5. The number of nitrogens with one attached hydrogen (secondary N) is 1. The van der Waals surface area contributed by atoms with Crippen molar-refractivity contribution in [1.82, 2.24) is 5.32 Å². The van der Waals surface area contributed by atoms with Crippen LogP contribution < -0.4 is 5.32 Å². The van der Waals surface area contributed by atoms with Crippen LogP contribution in [0.25, 0.3) is 0 Å². The summed E-state index contributed by atoms with van der Waals surface area (Å²) < 4.78 is 5.23. The van der Waals surface area contributed by atoms with Crippen LogP contribution in [0, 0.1) is 5.92 Å². The number of aliphatic hydroxyl groups excluding tert-OH is 1. The molecule has 1 saturated heterocycles. The Morgan fingerprint density at radius 1 is 1.60 bits per heavy atom. The Morgan fingerprint density at radius 3 is 2.87 bits per heavy atom. The second kappa shape index (κ2) is 6.08. The molecule has 0 aliphatic carbocycles. The summed E-state index contributed by atoms with van der Waals surface area (Å²) in [6.45, 7) is 5.10. The van der Waals surface area contributed by atoms with Crippen molar-refractivity contribution in [1.29, 1.82) is 0 Å². The molecule has 0 aromatic carbocycles. The van der Waals surface area contributed by atoms with Gasteiger partial charge in [-0.3, -0.25) is 4.79 Å². The Labute approximate surface area is 91.0 Å². The van der Waals surface area contributed by atoms with E-state index in [1.54, 1.807) is 0 Å². The van der Waals surface area contributed by atoms with Gasteiger partial charge in [-0.1, -0.05) is 13.8 Å². The van der Waals surface area contributed by atoms with Gasteiger partial charge in [0, 0.05) is 13.2 Å². The lowest BCUT2D eigenvalue weighted by Crippen LogP contribution is -2.39. The summed E-state index contributed by atoms with van der Waals surface area (Å²) in [6.07, 6.45) is 1.72. The van der Waals surface area contributed by atoms with E-state index >= 15 is 0 Å². The number of carbonyl (C=O) groups is 1. The molecular weight excluding hydrogens is 194 g/mol. The van der Waals surface area contributed by atoms with E-state index in [4.69, 9.17) is 4.74 Å². The zero-order chi connectivity index (χ0) is 11.3. The summed E-state index contributed by atoms with van der Waals surface area (Å²) in [5, 5.41) is 12.3. The highest BCUT2D eigenvalue weighted by molar-refractivity contribution is 5.80. The Balaban J connectivity index is 2.15. The predicted molar refractivity (Wildman–Crippen MR) is 57.4 cm³/mol. The van der Waals surface area contributed by atoms with Gasteiger partial charge >= 0.3 is 0 Å². The van der Waals surface area contributed by atoms with E-state index in [1.807, 2.05) is 13.8 Å². The molecule has 15 heavy (non-hydrogen) atoms. The number of hydrogen-bond acceptors (Lipinski definition) is 3. The lowest BCUT2D eigenvalue weighted by molar-refractivity contribution is -0.130. The van der Waals surface area contributed by atoms with Gasteiger partial charge < -0.3 is 15.2 Å². The van der Waals surface area contributed by atoms with E-state index < -0.39 is 6.10 Å². The number of ether oxygens (including phenoxy) is 1. The number of aliphatic hydroxyl groups is 1. The second-order valence-corrected chi connectivity index (χ2v) is 4.53. The maximum Gasteiger partial charge on any atom is 0.249 e. The van der Waals surface area contributed by atoms with Crippen molar-refractivity contribution in [3.63, 3.8) is 0 Å². The average Bonchev–Trinajstić information content (AvgIpc) is 2.65. The van der Waals surface area contributed by atoms with E-state index in [1.165, 1.54) is 0 Å². The van der Waals surface area contributed by atoms with Crippen LogP contribution in [0.2, 0.25) is 0 Å². The minimum atomic E-state index is -0.449. The standard InChI is InChI=1S/C11H21NO3/c1-8(2)6-9(13)7-12-11(14)10-4-3-5-15-10/h8-10,13H,3-7H2,1-2H3,(H,12,14). The summed E-state index contributed by atoms with van der Waals surface area (Å²) in [5.74, 6) is 0.356. The summed E-state index contributed by atoms with van der Waals surface area (Å²) in [5.41, 5.74) is 0. The summed E-state index contributed by atoms with van der Waals surface area (Å²) >= 11 is 0. The molecule has 0 radical (unpaired) electrons. The molecule has 2 N–H and O–H groups in total. The molecule has 4 nitrogen and oxygen atoms in total. The van der Waals surface area contributed by atoms with Gasteiger partial charge in [-0.15, -0.1) is 0 Å². The van der Waals surface area contributed by atoms with Crippen molar-refractivity contribution in [3.8, 4) is 0 Å². The number of hydrogen-bond donors (Lipinski definition) is 2. The molecule has 2 atom stereocenters. The first-order chi connectivity index (χ1) is 7.09. The van der Waals surface area contributed by atoms with Crippen molar-refractivity contribution in [2.24, 2.45) is 5.92 Å². The molecule has 1 aliphatic heterocycles. The van der Waals surface area contributed by atoms with E-state index in [2.05, 4.69) is 5.32 Å². The zero-order valence-electron chi connectivity index (χ0n) is 9.53. The SMILES string of the molecule is CC(C)CC(O)CNC(=O)C1CCCO1. The van der Waals surface area contributed by atoms with Gasteiger partial charge in [0.2, 0.25) is 5.91 Å². The van der Waals surface area contributed by atoms with E-state index in [-0.39, 0.29) is 12.0 Å². The third kappa shape index (κ3) is 4.62. The molecule has 1 amide bonds. The maximum absolute atomic E-state index is 11.5. The smallest absolute Gasteiger partial charge is 0.249 e. The molecule has 88 valence electrons. The highest BCUT2D eigenvalue weighted by Crippen LogP contribution is 2.11. The lowest BCUT2D eigenvalue weighted by Gasteiger charge is -2.15. The van der Waals surface area contributed by atoms with Crippen molar-refractivity contribution >= 4 is 5.91 Å². The molecule has 4 heteroatoms. The molecule has 1 aliphatic rings. The second-order valence-electron chi connectivity index (χ2n) is 4.53. The van der Waals surface area contributed by atoms with E-state index in [0.717, 1.165) is 12.8 Å². The van der Waals surface area contributed by atoms with Crippen LogP contribution >= 0.6 is 0 Å². The molecule has 0 aromatic rings. The summed E-state index contributed by atoms with van der Waals surface area (Å²) in [7, 11) is 0. The molecule has 0 aromatic heterocycles. The molecule has 1 rings (SSSR count). The first-order valence-electron chi connectivity index (χ1n) is 5.67. The number of carbonyl (C=O) groups excluding carboxylic acids is 1. The molecule has 0 spiro atoms.